The Bertz CT molecular complexity index is 756. The van der Waals surface area contributed by atoms with Gasteiger partial charge in [0.1, 0.15) is 5.82 Å². The van der Waals surface area contributed by atoms with E-state index in [1.165, 1.54) is 12.1 Å². The van der Waals surface area contributed by atoms with Crippen LogP contribution in [0.4, 0.5) is 4.39 Å². The number of aldehydes is 1. The molecule has 3 rings (SSSR count). The minimum Gasteiger partial charge on any atom is -0.354 e. The molecule has 1 heterocycles. The Morgan fingerprint density at radius 1 is 1.11 bits per heavy atom. The molecule has 0 bridgehead atoms. The van der Waals surface area contributed by atoms with Gasteiger partial charge in [0.25, 0.3) is 0 Å². The van der Waals surface area contributed by atoms with E-state index in [9.17, 15) is 9.18 Å². The molecule has 0 aliphatic heterocycles. The van der Waals surface area contributed by atoms with E-state index >= 15 is 0 Å². The third kappa shape index (κ3) is 1.83. The lowest BCUT2D eigenvalue weighted by Gasteiger charge is -1.99. The summed E-state index contributed by atoms with van der Waals surface area (Å²) in [6.45, 7) is 1.99. The number of para-hydroxylation sites is 1. The third-order valence-corrected chi connectivity index (χ3v) is 3.33. The molecule has 3 heteroatoms. The van der Waals surface area contributed by atoms with Gasteiger partial charge in [-0.3, -0.25) is 4.79 Å². The number of carbonyl (C=O) groups is 1. The SMILES string of the molecule is Cc1cccc2c(C=O)c(-c3ccc(F)cc3)[nH]c12. The third-order valence-electron chi connectivity index (χ3n) is 3.33. The number of aromatic amines is 1. The number of rotatable bonds is 2. The molecule has 0 saturated heterocycles. The highest BCUT2D eigenvalue weighted by Crippen LogP contribution is 2.30. The molecular weight excluding hydrogens is 241 g/mol. The number of halogens is 1. The topological polar surface area (TPSA) is 32.9 Å². The number of hydrogen-bond acceptors (Lipinski definition) is 1. The zero-order valence-electron chi connectivity index (χ0n) is 10.4. The first-order valence-electron chi connectivity index (χ1n) is 6.03. The van der Waals surface area contributed by atoms with Crippen molar-refractivity contribution in [3.05, 3.63) is 59.4 Å². The number of H-pyrrole nitrogens is 1. The van der Waals surface area contributed by atoms with Gasteiger partial charge >= 0.3 is 0 Å². The highest BCUT2D eigenvalue weighted by atomic mass is 19.1. The van der Waals surface area contributed by atoms with Gasteiger partial charge in [-0.15, -0.1) is 0 Å². The van der Waals surface area contributed by atoms with Crippen LogP contribution in [0.1, 0.15) is 15.9 Å². The number of aryl methyl sites for hydroxylation is 1. The Morgan fingerprint density at radius 3 is 2.53 bits per heavy atom. The number of aromatic nitrogens is 1. The van der Waals surface area contributed by atoms with E-state index < -0.39 is 0 Å². The van der Waals surface area contributed by atoms with Crippen LogP contribution < -0.4 is 0 Å². The van der Waals surface area contributed by atoms with Gasteiger partial charge in [0, 0.05) is 16.5 Å². The molecule has 1 aromatic heterocycles. The van der Waals surface area contributed by atoms with Crippen LogP contribution in [0, 0.1) is 12.7 Å². The summed E-state index contributed by atoms with van der Waals surface area (Å²) in [5, 5.41) is 0.898. The van der Waals surface area contributed by atoms with Gasteiger partial charge in [-0.25, -0.2) is 4.39 Å². The Morgan fingerprint density at radius 2 is 1.84 bits per heavy atom. The second-order valence-corrected chi connectivity index (χ2v) is 4.54. The van der Waals surface area contributed by atoms with E-state index in [1.54, 1.807) is 12.1 Å². The van der Waals surface area contributed by atoms with Crippen molar-refractivity contribution in [3.63, 3.8) is 0 Å². The van der Waals surface area contributed by atoms with Gasteiger partial charge in [0.2, 0.25) is 0 Å². The summed E-state index contributed by atoms with van der Waals surface area (Å²) in [5.41, 5.74) is 4.18. The quantitative estimate of drug-likeness (QED) is 0.685. The number of fused-ring (bicyclic) bond motifs is 1. The summed E-state index contributed by atoms with van der Waals surface area (Å²) < 4.78 is 13.0. The van der Waals surface area contributed by atoms with Crippen molar-refractivity contribution >= 4 is 17.2 Å². The number of carbonyl (C=O) groups excluding carboxylic acids is 1. The molecule has 94 valence electrons. The molecule has 2 aromatic carbocycles. The highest BCUT2D eigenvalue weighted by molar-refractivity contribution is 6.05. The average molecular weight is 253 g/mol. The maximum atomic E-state index is 13.0. The maximum Gasteiger partial charge on any atom is 0.152 e. The highest BCUT2D eigenvalue weighted by Gasteiger charge is 2.13. The molecule has 3 aromatic rings. The van der Waals surface area contributed by atoms with Crippen LogP contribution in [0.15, 0.2) is 42.5 Å². The summed E-state index contributed by atoms with van der Waals surface area (Å²) in [4.78, 5) is 14.6. The molecule has 1 N–H and O–H groups in total. The van der Waals surface area contributed by atoms with E-state index in [4.69, 9.17) is 0 Å². The molecule has 0 amide bonds. The van der Waals surface area contributed by atoms with Crippen molar-refractivity contribution < 1.29 is 9.18 Å². The normalized spacial score (nSPS) is 10.8. The second-order valence-electron chi connectivity index (χ2n) is 4.54. The summed E-state index contributed by atoms with van der Waals surface area (Å²) in [7, 11) is 0. The Kier molecular flexibility index (Phi) is 2.67. The Hall–Kier alpha value is -2.42. The van der Waals surface area contributed by atoms with Crippen molar-refractivity contribution in [2.24, 2.45) is 0 Å². The standard InChI is InChI=1S/C16H12FNO/c1-10-3-2-4-13-14(9-19)16(18-15(10)13)11-5-7-12(17)8-6-11/h2-9,18H,1H3. The maximum absolute atomic E-state index is 13.0. The van der Waals surface area contributed by atoms with Gasteiger partial charge in [-0.05, 0) is 42.3 Å². The van der Waals surface area contributed by atoms with Crippen LogP contribution in [-0.2, 0) is 0 Å². The van der Waals surface area contributed by atoms with E-state index in [0.717, 1.165) is 34.0 Å². The van der Waals surface area contributed by atoms with Crippen LogP contribution in [0.5, 0.6) is 0 Å². The van der Waals surface area contributed by atoms with E-state index in [0.29, 0.717) is 5.56 Å². The van der Waals surface area contributed by atoms with Crippen molar-refractivity contribution in [2.75, 3.05) is 0 Å². The van der Waals surface area contributed by atoms with Crippen molar-refractivity contribution in [1.29, 1.82) is 0 Å². The van der Waals surface area contributed by atoms with Gasteiger partial charge in [-0.1, -0.05) is 18.2 Å². The molecule has 0 saturated carbocycles. The fraction of sp³-hybridized carbons (Fsp3) is 0.0625. The summed E-state index contributed by atoms with van der Waals surface area (Å²) in [6.07, 6.45) is 0.844. The lowest BCUT2D eigenvalue weighted by molar-refractivity contribution is 0.112. The van der Waals surface area contributed by atoms with Crippen LogP contribution in [0.2, 0.25) is 0 Å². The second kappa shape index (κ2) is 4.35. The Balaban J connectivity index is 2.32. The number of nitrogens with one attached hydrogen (secondary N) is 1. The molecule has 19 heavy (non-hydrogen) atoms. The first-order chi connectivity index (χ1) is 9.20. The fourth-order valence-electron chi connectivity index (χ4n) is 2.35. The van der Waals surface area contributed by atoms with Gasteiger partial charge in [0.15, 0.2) is 6.29 Å². The monoisotopic (exact) mass is 253 g/mol. The lowest BCUT2D eigenvalue weighted by atomic mass is 10.1. The largest absolute Gasteiger partial charge is 0.354 e. The Labute approximate surface area is 109 Å². The average Bonchev–Trinajstić information content (AvgIpc) is 2.79. The van der Waals surface area contributed by atoms with Crippen LogP contribution in [-0.4, -0.2) is 11.3 Å². The van der Waals surface area contributed by atoms with Crippen LogP contribution in [0.3, 0.4) is 0 Å². The predicted molar refractivity (Wildman–Crippen MR) is 73.8 cm³/mol. The molecule has 2 nitrogen and oxygen atoms in total. The number of hydrogen-bond donors (Lipinski definition) is 1. The zero-order valence-corrected chi connectivity index (χ0v) is 10.4. The lowest BCUT2D eigenvalue weighted by Crippen LogP contribution is -1.84. The predicted octanol–water partition coefficient (Wildman–Crippen LogP) is 4.09. The molecule has 0 spiro atoms. The summed E-state index contributed by atoms with van der Waals surface area (Å²) in [5.74, 6) is -0.288. The fourth-order valence-corrected chi connectivity index (χ4v) is 2.35. The van der Waals surface area contributed by atoms with E-state index in [-0.39, 0.29) is 5.82 Å². The summed E-state index contributed by atoms with van der Waals surface area (Å²) in [6, 6.07) is 11.9. The van der Waals surface area contributed by atoms with Gasteiger partial charge in [-0.2, -0.15) is 0 Å². The molecular formula is C16H12FNO. The molecule has 0 atom stereocenters. The van der Waals surface area contributed by atoms with E-state index in [1.807, 2.05) is 25.1 Å². The number of benzene rings is 2. The molecule has 0 aliphatic carbocycles. The van der Waals surface area contributed by atoms with Gasteiger partial charge < -0.3 is 4.98 Å². The molecule has 0 aliphatic rings. The minimum absolute atomic E-state index is 0.288. The van der Waals surface area contributed by atoms with Gasteiger partial charge in [0.05, 0.1) is 5.69 Å². The van der Waals surface area contributed by atoms with Crippen LogP contribution >= 0.6 is 0 Å². The minimum atomic E-state index is -0.288. The van der Waals surface area contributed by atoms with E-state index in [2.05, 4.69) is 4.98 Å². The van der Waals surface area contributed by atoms with Crippen molar-refractivity contribution in [1.82, 2.24) is 4.98 Å². The van der Waals surface area contributed by atoms with Crippen molar-refractivity contribution in [2.45, 2.75) is 6.92 Å². The van der Waals surface area contributed by atoms with Crippen molar-refractivity contribution in [3.8, 4) is 11.3 Å². The van der Waals surface area contributed by atoms with Crippen LogP contribution in [0.25, 0.3) is 22.2 Å². The molecule has 0 radical (unpaired) electrons. The summed E-state index contributed by atoms with van der Waals surface area (Å²) >= 11 is 0. The first-order valence-corrected chi connectivity index (χ1v) is 6.03. The molecule has 0 unspecified atom stereocenters. The molecule has 0 fully saturated rings. The smallest absolute Gasteiger partial charge is 0.152 e. The zero-order chi connectivity index (χ0) is 13.4. The first kappa shape index (κ1) is 11.7.